The van der Waals surface area contributed by atoms with E-state index in [1.165, 1.54) is 17.5 Å². The van der Waals surface area contributed by atoms with Crippen LogP contribution in [0, 0.1) is 11.3 Å². The highest BCUT2D eigenvalue weighted by molar-refractivity contribution is 7.91. The van der Waals surface area contributed by atoms with Gasteiger partial charge in [0.2, 0.25) is 15.9 Å². The minimum absolute atomic E-state index is 0.0212. The molecule has 0 unspecified atom stereocenters. The number of hydrogen-bond donors (Lipinski definition) is 1. The molecular formula is C16H17N3O3S2. The zero-order chi connectivity index (χ0) is 17.0. The van der Waals surface area contributed by atoms with Crippen LogP contribution in [0.5, 0.6) is 5.88 Å². The zero-order valence-corrected chi connectivity index (χ0v) is 14.5. The smallest absolute Gasteiger partial charge is 0.250 e. The van der Waals surface area contributed by atoms with Gasteiger partial charge < -0.3 is 4.74 Å². The highest BCUT2D eigenvalue weighted by Crippen LogP contribution is 2.25. The summed E-state index contributed by atoms with van der Waals surface area (Å²) in [5.41, 5.74) is 0.494. The van der Waals surface area contributed by atoms with Crippen LogP contribution in [0.25, 0.3) is 0 Å². The van der Waals surface area contributed by atoms with Crippen molar-refractivity contribution in [3.63, 3.8) is 0 Å². The Bertz CT molecular complexity index is 803. The monoisotopic (exact) mass is 363 g/mol. The van der Waals surface area contributed by atoms with Crippen LogP contribution in [0.3, 0.4) is 0 Å². The molecule has 0 amide bonds. The Labute approximate surface area is 145 Å². The number of nitriles is 1. The predicted molar refractivity (Wildman–Crippen MR) is 90.3 cm³/mol. The van der Waals surface area contributed by atoms with Crippen LogP contribution in [0.2, 0.25) is 0 Å². The van der Waals surface area contributed by atoms with Crippen molar-refractivity contribution in [1.82, 2.24) is 9.71 Å². The molecule has 0 radical (unpaired) electrons. The Morgan fingerprint density at radius 1 is 1.25 bits per heavy atom. The van der Waals surface area contributed by atoms with Gasteiger partial charge in [0, 0.05) is 18.3 Å². The summed E-state index contributed by atoms with van der Waals surface area (Å²) >= 11 is 1.22. The van der Waals surface area contributed by atoms with Crippen molar-refractivity contribution in [2.45, 2.75) is 42.0 Å². The van der Waals surface area contributed by atoms with E-state index in [2.05, 4.69) is 9.71 Å². The molecule has 1 aliphatic rings. The van der Waals surface area contributed by atoms with E-state index in [0.717, 1.165) is 25.7 Å². The second-order valence-corrected chi connectivity index (χ2v) is 8.53. The molecular weight excluding hydrogens is 346 g/mol. The first kappa shape index (κ1) is 16.9. The molecule has 1 N–H and O–H groups in total. The molecule has 6 nitrogen and oxygen atoms in total. The maximum atomic E-state index is 12.2. The second-order valence-electron chi connectivity index (χ2n) is 5.64. The third-order valence-electron chi connectivity index (χ3n) is 3.91. The standard InChI is InChI=1S/C16H17N3O3S2/c17-10-12-3-8-15(18-11-12)22-14-6-4-13(5-7-14)19-24(20,21)16-2-1-9-23-16/h1-3,8-9,11,13-14,19H,4-7H2. The topological polar surface area (TPSA) is 92.1 Å². The van der Waals surface area contributed by atoms with E-state index in [-0.39, 0.29) is 12.1 Å². The molecule has 0 aliphatic heterocycles. The Balaban J connectivity index is 1.51. The number of aromatic nitrogens is 1. The highest BCUT2D eigenvalue weighted by atomic mass is 32.2. The molecule has 3 rings (SSSR count). The van der Waals surface area contributed by atoms with Crippen LogP contribution in [0.15, 0.2) is 40.1 Å². The van der Waals surface area contributed by atoms with Gasteiger partial charge in [-0.25, -0.2) is 18.1 Å². The first-order valence-electron chi connectivity index (χ1n) is 7.65. The zero-order valence-electron chi connectivity index (χ0n) is 12.9. The van der Waals surface area contributed by atoms with Crippen molar-refractivity contribution >= 4 is 21.4 Å². The van der Waals surface area contributed by atoms with Crippen molar-refractivity contribution in [3.05, 3.63) is 41.4 Å². The number of pyridine rings is 1. The lowest BCUT2D eigenvalue weighted by Gasteiger charge is -2.28. The molecule has 24 heavy (non-hydrogen) atoms. The predicted octanol–water partition coefficient (Wildman–Crippen LogP) is 2.68. The van der Waals surface area contributed by atoms with Gasteiger partial charge in [-0.2, -0.15) is 5.26 Å². The Kier molecular flexibility index (Phi) is 5.14. The van der Waals surface area contributed by atoms with E-state index in [1.54, 1.807) is 29.6 Å². The third-order valence-corrected chi connectivity index (χ3v) is 6.83. The summed E-state index contributed by atoms with van der Waals surface area (Å²) in [5, 5.41) is 10.5. The molecule has 0 atom stereocenters. The molecule has 2 heterocycles. The quantitative estimate of drug-likeness (QED) is 0.882. The number of nitrogens with zero attached hydrogens (tertiary/aromatic N) is 2. The maximum Gasteiger partial charge on any atom is 0.250 e. The van der Waals surface area contributed by atoms with E-state index in [4.69, 9.17) is 10.00 Å². The lowest BCUT2D eigenvalue weighted by Crippen LogP contribution is -2.39. The van der Waals surface area contributed by atoms with Gasteiger partial charge in [-0.3, -0.25) is 0 Å². The van der Waals surface area contributed by atoms with Crippen LogP contribution in [-0.2, 0) is 10.0 Å². The van der Waals surface area contributed by atoms with Crippen molar-refractivity contribution in [3.8, 4) is 11.9 Å². The van der Waals surface area contributed by atoms with E-state index in [9.17, 15) is 8.42 Å². The second kappa shape index (κ2) is 7.30. The number of ether oxygens (including phenoxy) is 1. The van der Waals surface area contributed by atoms with Crippen LogP contribution in [0.1, 0.15) is 31.2 Å². The average molecular weight is 363 g/mol. The van der Waals surface area contributed by atoms with Crippen molar-refractivity contribution in [2.24, 2.45) is 0 Å². The average Bonchev–Trinajstić information content (AvgIpc) is 3.13. The lowest BCUT2D eigenvalue weighted by atomic mass is 9.94. The maximum absolute atomic E-state index is 12.2. The SMILES string of the molecule is N#Cc1ccc(OC2CCC(NS(=O)(=O)c3cccs3)CC2)nc1. The fourth-order valence-electron chi connectivity index (χ4n) is 2.68. The van der Waals surface area contributed by atoms with Crippen molar-refractivity contribution < 1.29 is 13.2 Å². The fourth-order valence-corrected chi connectivity index (χ4v) is 4.99. The highest BCUT2D eigenvalue weighted by Gasteiger charge is 2.27. The molecule has 0 spiro atoms. The molecule has 2 aromatic heterocycles. The summed E-state index contributed by atoms with van der Waals surface area (Å²) in [4.78, 5) is 4.10. The van der Waals surface area contributed by atoms with E-state index in [1.807, 2.05) is 6.07 Å². The first-order valence-corrected chi connectivity index (χ1v) is 10.0. The molecule has 1 saturated carbocycles. The van der Waals surface area contributed by atoms with Crippen LogP contribution < -0.4 is 9.46 Å². The fraction of sp³-hybridized carbons (Fsp3) is 0.375. The molecule has 0 saturated heterocycles. The van der Waals surface area contributed by atoms with E-state index < -0.39 is 10.0 Å². The molecule has 1 aliphatic carbocycles. The summed E-state index contributed by atoms with van der Waals surface area (Å²) in [7, 11) is -3.42. The molecule has 1 fully saturated rings. The van der Waals surface area contributed by atoms with Crippen LogP contribution in [0.4, 0.5) is 0 Å². The molecule has 126 valence electrons. The molecule has 0 bridgehead atoms. The minimum Gasteiger partial charge on any atom is -0.474 e. The van der Waals surface area contributed by atoms with Gasteiger partial charge in [-0.05, 0) is 43.2 Å². The number of thiophene rings is 1. The summed E-state index contributed by atoms with van der Waals surface area (Å²) in [6.07, 6.45) is 4.49. The van der Waals surface area contributed by atoms with E-state index in [0.29, 0.717) is 15.7 Å². The number of hydrogen-bond acceptors (Lipinski definition) is 6. The van der Waals surface area contributed by atoms with Crippen LogP contribution in [-0.4, -0.2) is 25.5 Å². The Morgan fingerprint density at radius 3 is 2.62 bits per heavy atom. The Hall–Kier alpha value is -1.95. The van der Waals surface area contributed by atoms with Gasteiger partial charge in [-0.1, -0.05) is 6.07 Å². The van der Waals surface area contributed by atoms with Crippen molar-refractivity contribution in [2.75, 3.05) is 0 Å². The Morgan fingerprint density at radius 2 is 2.04 bits per heavy atom. The van der Waals surface area contributed by atoms with Gasteiger partial charge >= 0.3 is 0 Å². The number of nitrogens with one attached hydrogen (secondary N) is 1. The van der Waals surface area contributed by atoms with E-state index >= 15 is 0 Å². The van der Waals surface area contributed by atoms with Gasteiger partial charge in [-0.15, -0.1) is 11.3 Å². The summed E-state index contributed by atoms with van der Waals surface area (Å²) in [5.74, 6) is 0.497. The summed E-state index contributed by atoms with van der Waals surface area (Å²) in [6, 6.07) is 8.65. The normalized spacial score (nSPS) is 21.1. The van der Waals surface area contributed by atoms with Gasteiger partial charge in [0.1, 0.15) is 16.4 Å². The molecule has 8 heteroatoms. The molecule has 2 aromatic rings. The first-order chi connectivity index (χ1) is 11.6. The summed E-state index contributed by atoms with van der Waals surface area (Å²) in [6.45, 7) is 0. The molecule has 0 aromatic carbocycles. The summed E-state index contributed by atoms with van der Waals surface area (Å²) < 4.78 is 33.4. The lowest BCUT2D eigenvalue weighted by molar-refractivity contribution is 0.138. The van der Waals surface area contributed by atoms with Gasteiger partial charge in [0.05, 0.1) is 5.56 Å². The van der Waals surface area contributed by atoms with Gasteiger partial charge in [0.15, 0.2) is 0 Å². The largest absolute Gasteiger partial charge is 0.474 e. The van der Waals surface area contributed by atoms with Crippen LogP contribution >= 0.6 is 11.3 Å². The van der Waals surface area contributed by atoms with Gasteiger partial charge in [0.25, 0.3) is 0 Å². The third kappa shape index (κ3) is 4.12. The van der Waals surface area contributed by atoms with Crippen molar-refractivity contribution in [1.29, 1.82) is 5.26 Å². The number of rotatable bonds is 5. The minimum atomic E-state index is -3.42. The number of sulfonamides is 1.